The maximum absolute atomic E-state index is 11.8. The second-order valence-corrected chi connectivity index (χ2v) is 5.92. The summed E-state index contributed by atoms with van der Waals surface area (Å²) in [6.07, 6.45) is 1.76. The minimum absolute atomic E-state index is 0.276. The summed E-state index contributed by atoms with van der Waals surface area (Å²) in [5.41, 5.74) is -0.102. The summed E-state index contributed by atoms with van der Waals surface area (Å²) >= 11 is 0. The lowest BCUT2D eigenvalue weighted by Gasteiger charge is -2.47. The molecule has 4 heteroatoms. The van der Waals surface area contributed by atoms with E-state index in [1.165, 1.54) is 0 Å². The van der Waals surface area contributed by atoms with E-state index in [2.05, 4.69) is 13.2 Å². The van der Waals surface area contributed by atoms with E-state index in [-0.39, 0.29) is 23.7 Å². The SMILES string of the molecule is C=CC1(C)CC(O)C2C(C)C(=O)OC2C1C(=C)C=O. The Labute approximate surface area is 113 Å². The van der Waals surface area contributed by atoms with Gasteiger partial charge in [0.1, 0.15) is 12.4 Å². The fraction of sp³-hybridized carbons (Fsp3) is 0.600. The molecule has 0 bridgehead atoms. The van der Waals surface area contributed by atoms with Crippen molar-refractivity contribution in [1.29, 1.82) is 0 Å². The Morgan fingerprint density at radius 2 is 2.21 bits per heavy atom. The molecule has 0 aromatic heterocycles. The van der Waals surface area contributed by atoms with Gasteiger partial charge in [-0.2, -0.15) is 0 Å². The molecule has 4 nitrogen and oxygen atoms in total. The van der Waals surface area contributed by atoms with E-state index in [0.717, 1.165) is 0 Å². The third-order valence-electron chi connectivity index (χ3n) is 4.73. The van der Waals surface area contributed by atoms with Crippen molar-refractivity contribution >= 4 is 12.3 Å². The van der Waals surface area contributed by atoms with Crippen LogP contribution in [0.3, 0.4) is 0 Å². The van der Waals surface area contributed by atoms with Crippen molar-refractivity contribution < 1.29 is 19.4 Å². The average molecular weight is 264 g/mol. The molecule has 0 amide bonds. The summed E-state index contributed by atoms with van der Waals surface area (Å²) in [5, 5.41) is 10.3. The Hall–Kier alpha value is -1.42. The molecule has 19 heavy (non-hydrogen) atoms. The first-order valence-electron chi connectivity index (χ1n) is 6.52. The Balaban J connectivity index is 2.46. The lowest BCUT2D eigenvalue weighted by atomic mass is 9.58. The van der Waals surface area contributed by atoms with Gasteiger partial charge in [0.2, 0.25) is 0 Å². The first-order chi connectivity index (χ1) is 8.85. The Kier molecular flexibility index (Phi) is 3.39. The number of hydrogen-bond acceptors (Lipinski definition) is 4. The highest BCUT2D eigenvalue weighted by Crippen LogP contribution is 2.52. The van der Waals surface area contributed by atoms with Crippen LogP contribution in [-0.4, -0.2) is 29.6 Å². The van der Waals surface area contributed by atoms with Crippen LogP contribution in [0.4, 0.5) is 0 Å². The quantitative estimate of drug-likeness (QED) is 0.363. The Morgan fingerprint density at radius 3 is 2.74 bits per heavy atom. The summed E-state index contributed by atoms with van der Waals surface area (Å²) in [6.45, 7) is 11.3. The van der Waals surface area contributed by atoms with Crippen molar-refractivity contribution in [2.75, 3.05) is 0 Å². The number of ether oxygens (including phenoxy) is 1. The molecule has 0 spiro atoms. The standard InChI is InChI=1S/C15H20O4/c1-5-15(4)6-10(17)11-9(3)14(18)19-13(11)12(15)8(2)7-16/h5,7,9-13,17H,1-2,6H2,3-4H3. The third kappa shape index (κ3) is 1.94. The lowest BCUT2D eigenvalue weighted by molar-refractivity contribution is -0.148. The number of esters is 1. The molecule has 0 radical (unpaired) electrons. The molecule has 2 rings (SSSR count). The van der Waals surface area contributed by atoms with Crippen LogP contribution in [0.15, 0.2) is 24.8 Å². The molecule has 6 unspecified atom stereocenters. The number of aliphatic hydroxyl groups is 1. The fourth-order valence-electron chi connectivity index (χ4n) is 3.61. The Bertz CT molecular complexity index is 441. The van der Waals surface area contributed by atoms with Gasteiger partial charge in [-0.05, 0) is 17.4 Å². The van der Waals surface area contributed by atoms with Gasteiger partial charge in [-0.15, -0.1) is 6.58 Å². The van der Waals surface area contributed by atoms with E-state index < -0.39 is 17.6 Å². The van der Waals surface area contributed by atoms with Gasteiger partial charge < -0.3 is 9.84 Å². The van der Waals surface area contributed by atoms with Gasteiger partial charge in [-0.25, -0.2) is 0 Å². The van der Waals surface area contributed by atoms with Crippen molar-refractivity contribution in [2.45, 2.75) is 32.5 Å². The minimum atomic E-state index is -0.634. The maximum atomic E-state index is 11.8. The van der Waals surface area contributed by atoms with E-state index >= 15 is 0 Å². The number of aliphatic hydroxyl groups excluding tert-OH is 1. The number of fused-ring (bicyclic) bond motifs is 1. The first kappa shape index (κ1) is 14.0. The monoisotopic (exact) mass is 264 g/mol. The number of hydrogen-bond donors (Lipinski definition) is 1. The summed E-state index contributed by atoms with van der Waals surface area (Å²) in [7, 11) is 0. The normalized spacial score (nSPS) is 45.2. The molecule has 1 aliphatic carbocycles. The summed E-state index contributed by atoms with van der Waals surface area (Å²) < 4.78 is 5.41. The topological polar surface area (TPSA) is 63.6 Å². The first-order valence-corrected chi connectivity index (χ1v) is 6.52. The molecule has 1 heterocycles. The lowest BCUT2D eigenvalue weighted by Crippen LogP contribution is -2.51. The van der Waals surface area contributed by atoms with Crippen LogP contribution in [0.1, 0.15) is 20.3 Å². The molecule has 1 aliphatic heterocycles. The van der Waals surface area contributed by atoms with E-state index in [4.69, 9.17) is 4.74 Å². The largest absolute Gasteiger partial charge is 0.461 e. The molecular weight excluding hydrogens is 244 g/mol. The van der Waals surface area contributed by atoms with Gasteiger partial charge in [0.25, 0.3) is 0 Å². The van der Waals surface area contributed by atoms with Crippen molar-refractivity contribution in [3.05, 3.63) is 24.8 Å². The van der Waals surface area contributed by atoms with Crippen LogP contribution >= 0.6 is 0 Å². The number of carbonyl (C=O) groups is 2. The second kappa shape index (κ2) is 4.60. The molecule has 2 fully saturated rings. The predicted molar refractivity (Wildman–Crippen MR) is 70.2 cm³/mol. The van der Waals surface area contributed by atoms with Crippen molar-refractivity contribution in [3.63, 3.8) is 0 Å². The van der Waals surface area contributed by atoms with Crippen LogP contribution in [0, 0.1) is 23.2 Å². The number of allylic oxidation sites excluding steroid dienone is 1. The number of carbonyl (C=O) groups excluding carboxylic acids is 2. The third-order valence-corrected chi connectivity index (χ3v) is 4.73. The van der Waals surface area contributed by atoms with Gasteiger partial charge >= 0.3 is 5.97 Å². The molecule has 1 N–H and O–H groups in total. The van der Waals surface area contributed by atoms with E-state index in [1.54, 1.807) is 13.0 Å². The smallest absolute Gasteiger partial charge is 0.309 e. The van der Waals surface area contributed by atoms with Crippen LogP contribution in [0.25, 0.3) is 0 Å². The minimum Gasteiger partial charge on any atom is -0.461 e. The second-order valence-electron chi connectivity index (χ2n) is 5.92. The molecular formula is C15H20O4. The van der Waals surface area contributed by atoms with Gasteiger partial charge in [-0.3, -0.25) is 9.59 Å². The van der Waals surface area contributed by atoms with Crippen LogP contribution in [-0.2, 0) is 14.3 Å². The summed E-state index contributed by atoms with van der Waals surface area (Å²) in [5.74, 6) is -1.26. The molecule has 104 valence electrons. The number of rotatable bonds is 3. The van der Waals surface area contributed by atoms with Crippen LogP contribution in [0.2, 0.25) is 0 Å². The van der Waals surface area contributed by atoms with Gasteiger partial charge in [0, 0.05) is 11.8 Å². The average Bonchev–Trinajstić information content (AvgIpc) is 2.65. The van der Waals surface area contributed by atoms with E-state index in [1.807, 2.05) is 6.92 Å². The highest BCUT2D eigenvalue weighted by molar-refractivity contribution is 5.77. The molecule has 1 saturated heterocycles. The zero-order valence-corrected chi connectivity index (χ0v) is 11.3. The maximum Gasteiger partial charge on any atom is 0.309 e. The zero-order chi connectivity index (χ0) is 14.4. The predicted octanol–water partition coefficient (Wildman–Crippen LogP) is 1.49. The van der Waals surface area contributed by atoms with E-state index in [9.17, 15) is 14.7 Å². The Morgan fingerprint density at radius 1 is 1.58 bits per heavy atom. The van der Waals surface area contributed by atoms with Crippen LogP contribution in [0.5, 0.6) is 0 Å². The van der Waals surface area contributed by atoms with Crippen molar-refractivity contribution in [3.8, 4) is 0 Å². The van der Waals surface area contributed by atoms with Crippen molar-refractivity contribution in [1.82, 2.24) is 0 Å². The van der Waals surface area contributed by atoms with Gasteiger partial charge in [0.05, 0.1) is 12.0 Å². The molecule has 0 aromatic rings. The summed E-state index contributed by atoms with van der Waals surface area (Å²) in [6, 6.07) is 0. The molecule has 2 aliphatic rings. The number of aldehydes is 1. The molecule has 0 aromatic carbocycles. The highest BCUT2D eigenvalue weighted by Gasteiger charge is 2.58. The summed E-state index contributed by atoms with van der Waals surface area (Å²) in [4.78, 5) is 22.9. The zero-order valence-electron chi connectivity index (χ0n) is 11.3. The van der Waals surface area contributed by atoms with Crippen molar-refractivity contribution in [2.24, 2.45) is 23.2 Å². The van der Waals surface area contributed by atoms with E-state index in [0.29, 0.717) is 18.3 Å². The highest BCUT2D eigenvalue weighted by atomic mass is 16.6. The fourth-order valence-corrected chi connectivity index (χ4v) is 3.61. The van der Waals surface area contributed by atoms with Gasteiger partial charge in [0.15, 0.2) is 0 Å². The van der Waals surface area contributed by atoms with Gasteiger partial charge in [-0.1, -0.05) is 26.5 Å². The molecule has 1 saturated carbocycles. The molecule has 6 atom stereocenters. The van der Waals surface area contributed by atoms with Crippen LogP contribution < -0.4 is 0 Å².